The molecule has 0 aliphatic carbocycles. The average Bonchev–Trinajstić information content (AvgIpc) is 2.40. The van der Waals surface area contributed by atoms with Gasteiger partial charge in [0.25, 0.3) is 0 Å². The Balaban J connectivity index is 2.03. The highest BCUT2D eigenvalue weighted by Crippen LogP contribution is 2.31. The summed E-state index contributed by atoms with van der Waals surface area (Å²) in [5.74, 6) is 0. The lowest BCUT2D eigenvalue weighted by Gasteiger charge is -2.35. The van der Waals surface area contributed by atoms with Gasteiger partial charge in [-0.05, 0) is 51.0 Å². The second kappa shape index (κ2) is 4.94. The number of anilines is 2. The number of pyridine rings is 1. The molecule has 0 spiro atoms. The Kier molecular flexibility index (Phi) is 3.26. The average molecular weight is 271 g/mol. The number of nitrogen functional groups attached to an aromatic ring is 1. The van der Waals surface area contributed by atoms with Crippen LogP contribution in [-0.4, -0.2) is 23.7 Å². The van der Waals surface area contributed by atoms with Gasteiger partial charge in [-0.25, -0.2) is 0 Å². The van der Waals surface area contributed by atoms with Crippen LogP contribution in [0.15, 0.2) is 24.3 Å². The maximum absolute atomic E-state index is 5.92. The van der Waals surface area contributed by atoms with E-state index in [-0.39, 0.29) is 5.54 Å². The monoisotopic (exact) mass is 271 g/mol. The van der Waals surface area contributed by atoms with E-state index < -0.39 is 0 Å². The van der Waals surface area contributed by atoms with E-state index in [0.717, 1.165) is 54.0 Å². The van der Waals surface area contributed by atoms with Gasteiger partial charge in [0, 0.05) is 41.2 Å². The first kappa shape index (κ1) is 13.2. The largest absolute Gasteiger partial charge is 0.399 e. The van der Waals surface area contributed by atoms with Crippen LogP contribution in [0.5, 0.6) is 0 Å². The van der Waals surface area contributed by atoms with E-state index in [1.807, 2.05) is 25.1 Å². The van der Waals surface area contributed by atoms with E-state index in [4.69, 9.17) is 10.5 Å². The summed E-state index contributed by atoms with van der Waals surface area (Å²) >= 11 is 0. The fourth-order valence-corrected chi connectivity index (χ4v) is 2.75. The number of hydrogen-bond donors (Lipinski definition) is 2. The fourth-order valence-electron chi connectivity index (χ4n) is 2.75. The third kappa shape index (κ3) is 2.56. The number of fused-ring (bicyclic) bond motifs is 1. The second-order valence-electron chi connectivity index (χ2n) is 5.89. The van der Waals surface area contributed by atoms with Gasteiger partial charge in [-0.3, -0.25) is 4.98 Å². The molecule has 1 aliphatic heterocycles. The smallest absolute Gasteiger partial charge is 0.0727 e. The van der Waals surface area contributed by atoms with E-state index in [2.05, 4.69) is 23.3 Å². The van der Waals surface area contributed by atoms with Crippen molar-refractivity contribution < 1.29 is 4.74 Å². The molecule has 0 bridgehead atoms. The van der Waals surface area contributed by atoms with Gasteiger partial charge in [0.2, 0.25) is 0 Å². The Morgan fingerprint density at radius 2 is 2.00 bits per heavy atom. The van der Waals surface area contributed by atoms with Gasteiger partial charge < -0.3 is 15.8 Å². The number of nitrogens with one attached hydrogen (secondary N) is 1. The molecule has 20 heavy (non-hydrogen) atoms. The summed E-state index contributed by atoms with van der Waals surface area (Å²) in [6.45, 7) is 5.90. The maximum Gasteiger partial charge on any atom is 0.0727 e. The van der Waals surface area contributed by atoms with Crippen molar-refractivity contribution in [3.05, 3.63) is 30.0 Å². The molecule has 106 valence electrons. The van der Waals surface area contributed by atoms with Crippen molar-refractivity contribution in [3.63, 3.8) is 0 Å². The van der Waals surface area contributed by atoms with Gasteiger partial charge in [-0.15, -0.1) is 0 Å². The van der Waals surface area contributed by atoms with E-state index >= 15 is 0 Å². The van der Waals surface area contributed by atoms with Crippen LogP contribution in [0.3, 0.4) is 0 Å². The van der Waals surface area contributed by atoms with Gasteiger partial charge in [0.1, 0.15) is 0 Å². The molecular formula is C16H21N3O. The minimum absolute atomic E-state index is 0.0730. The number of aromatic nitrogens is 1. The second-order valence-corrected chi connectivity index (χ2v) is 5.89. The molecule has 0 unspecified atom stereocenters. The quantitative estimate of drug-likeness (QED) is 0.824. The number of rotatable bonds is 2. The first-order chi connectivity index (χ1) is 9.56. The first-order valence-electron chi connectivity index (χ1n) is 7.09. The van der Waals surface area contributed by atoms with Gasteiger partial charge in [-0.1, -0.05) is 0 Å². The normalized spacial score (nSPS) is 18.1. The Hall–Kier alpha value is -1.81. The number of nitrogens with two attached hydrogens (primary N) is 1. The minimum atomic E-state index is 0.0730. The molecule has 0 amide bonds. The molecule has 2 heterocycles. The van der Waals surface area contributed by atoms with Gasteiger partial charge >= 0.3 is 0 Å². The fraction of sp³-hybridized carbons (Fsp3) is 0.438. The molecule has 3 N–H and O–H groups in total. The van der Waals surface area contributed by atoms with Crippen molar-refractivity contribution in [2.75, 3.05) is 24.3 Å². The lowest BCUT2D eigenvalue weighted by atomic mass is 9.92. The van der Waals surface area contributed by atoms with Crippen LogP contribution >= 0.6 is 0 Å². The predicted molar refractivity (Wildman–Crippen MR) is 83.0 cm³/mol. The minimum Gasteiger partial charge on any atom is -0.399 e. The summed E-state index contributed by atoms with van der Waals surface area (Å²) in [6.07, 6.45) is 2.02. The van der Waals surface area contributed by atoms with E-state index in [9.17, 15) is 0 Å². The van der Waals surface area contributed by atoms with E-state index in [1.54, 1.807) is 0 Å². The van der Waals surface area contributed by atoms with Crippen molar-refractivity contribution in [1.29, 1.82) is 0 Å². The van der Waals surface area contributed by atoms with Crippen LogP contribution in [0.1, 0.15) is 25.5 Å². The summed E-state index contributed by atoms with van der Waals surface area (Å²) in [6, 6.07) is 7.97. The van der Waals surface area contributed by atoms with Crippen molar-refractivity contribution in [3.8, 4) is 0 Å². The zero-order chi connectivity index (χ0) is 14.2. The Labute approximate surface area is 119 Å². The topological polar surface area (TPSA) is 60.2 Å². The lowest BCUT2D eigenvalue weighted by molar-refractivity contribution is 0.0658. The van der Waals surface area contributed by atoms with E-state index in [0.29, 0.717) is 0 Å². The summed E-state index contributed by atoms with van der Waals surface area (Å²) in [7, 11) is 0. The third-order valence-corrected chi connectivity index (χ3v) is 3.99. The molecule has 3 rings (SSSR count). The lowest BCUT2D eigenvalue weighted by Crippen LogP contribution is -2.40. The highest BCUT2D eigenvalue weighted by molar-refractivity contribution is 5.93. The predicted octanol–water partition coefficient (Wildman–Crippen LogP) is 3.11. The first-order valence-corrected chi connectivity index (χ1v) is 7.09. The number of hydrogen-bond acceptors (Lipinski definition) is 4. The molecule has 4 nitrogen and oxygen atoms in total. The van der Waals surface area contributed by atoms with Crippen molar-refractivity contribution in [2.45, 2.75) is 32.2 Å². The molecule has 1 aliphatic rings. The van der Waals surface area contributed by atoms with Crippen LogP contribution in [0, 0.1) is 6.92 Å². The summed E-state index contributed by atoms with van der Waals surface area (Å²) < 4.78 is 5.46. The molecular weight excluding hydrogens is 250 g/mol. The highest BCUT2D eigenvalue weighted by Gasteiger charge is 2.27. The third-order valence-electron chi connectivity index (χ3n) is 3.99. The molecule has 1 aromatic carbocycles. The summed E-state index contributed by atoms with van der Waals surface area (Å²) in [5.41, 5.74) is 9.87. The van der Waals surface area contributed by atoms with Crippen molar-refractivity contribution in [1.82, 2.24) is 4.98 Å². The summed E-state index contributed by atoms with van der Waals surface area (Å²) in [5, 5.41) is 4.78. The zero-order valence-electron chi connectivity index (χ0n) is 12.1. The summed E-state index contributed by atoms with van der Waals surface area (Å²) in [4.78, 5) is 4.57. The number of nitrogens with zero attached hydrogens (tertiary/aromatic N) is 1. The Bertz CT molecular complexity index is 633. The van der Waals surface area contributed by atoms with Gasteiger partial charge in [-0.2, -0.15) is 0 Å². The Morgan fingerprint density at radius 3 is 2.75 bits per heavy atom. The molecule has 0 radical (unpaired) electrons. The Morgan fingerprint density at radius 1 is 1.25 bits per heavy atom. The van der Waals surface area contributed by atoms with Crippen LogP contribution in [0.25, 0.3) is 10.9 Å². The van der Waals surface area contributed by atoms with E-state index in [1.165, 1.54) is 0 Å². The van der Waals surface area contributed by atoms with Crippen LogP contribution in [0.4, 0.5) is 11.4 Å². The maximum atomic E-state index is 5.92. The van der Waals surface area contributed by atoms with Crippen molar-refractivity contribution >= 4 is 22.3 Å². The standard InChI is InChI=1S/C16H21N3O/c1-11-9-15(19-16(2)5-7-20-8-6-16)13-10-12(17)3-4-14(13)18-11/h3-4,9-10H,5-8,17H2,1-2H3,(H,18,19). The molecule has 0 saturated carbocycles. The molecule has 2 aromatic rings. The van der Waals surface area contributed by atoms with Crippen LogP contribution in [0.2, 0.25) is 0 Å². The van der Waals surface area contributed by atoms with Gasteiger partial charge in [0.15, 0.2) is 0 Å². The van der Waals surface area contributed by atoms with Crippen LogP contribution in [-0.2, 0) is 4.74 Å². The molecule has 4 heteroatoms. The number of ether oxygens (including phenoxy) is 1. The molecule has 0 atom stereocenters. The zero-order valence-corrected chi connectivity index (χ0v) is 12.1. The highest BCUT2D eigenvalue weighted by atomic mass is 16.5. The van der Waals surface area contributed by atoms with Crippen LogP contribution < -0.4 is 11.1 Å². The van der Waals surface area contributed by atoms with Gasteiger partial charge in [0.05, 0.1) is 5.52 Å². The number of aryl methyl sites for hydroxylation is 1. The SMILES string of the molecule is Cc1cc(NC2(C)CCOCC2)c2cc(N)ccc2n1. The molecule has 1 aromatic heterocycles. The van der Waals surface area contributed by atoms with Crippen molar-refractivity contribution in [2.24, 2.45) is 0 Å². The molecule has 1 saturated heterocycles. The number of benzene rings is 1. The molecule has 1 fully saturated rings.